The summed E-state index contributed by atoms with van der Waals surface area (Å²) in [5.41, 5.74) is 5.88. The van der Waals surface area contributed by atoms with Gasteiger partial charge in [0.25, 0.3) is 0 Å². The fourth-order valence-electron chi connectivity index (χ4n) is 2.16. The first-order valence-electron chi connectivity index (χ1n) is 7.70. The van der Waals surface area contributed by atoms with Crippen molar-refractivity contribution in [2.24, 2.45) is 5.73 Å². The molecule has 1 rings (SSSR count). The molecule has 7 heteroatoms. The molecule has 1 aromatic carbocycles. The normalized spacial score (nSPS) is 11.4. The number of carbonyl (C=O) groups is 3. The number of carbonyl (C=O) groups excluding carboxylic acids is 3. The number of nitrogens with zero attached hydrogens (tertiary/aromatic N) is 1. The van der Waals surface area contributed by atoms with Gasteiger partial charge < -0.3 is 16.0 Å². The van der Waals surface area contributed by atoms with E-state index in [1.807, 2.05) is 13.8 Å². The van der Waals surface area contributed by atoms with Crippen LogP contribution in [0.1, 0.15) is 38.3 Å². The molecule has 0 aliphatic heterocycles. The molecular weight excluding hydrogens is 296 g/mol. The molecule has 126 valence electrons. The molecule has 0 radical (unpaired) electrons. The Balaban J connectivity index is 2.69. The molecule has 0 spiro atoms. The highest BCUT2D eigenvalue weighted by molar-refractivity contribution is 5.95. The van der Waals surface area contributed by atoms with E-state index in [-0.39, 0.29) is 0 Å². The topological polar surface area (TPSA) is 105 Å². The van der Waals surface area contributed by atoms with E-state index in [1.165, 1.54) is 0 Å². The lowest BCUT2D eigenvalue weighted by Crippen LogP contribution is -2.49. The highest BCUT2D eigenvalue weighted by Gasteiger charge is 2.22. The molecule has 0 fully saturated rings. The van der Waals surface area contributed by atoms with Crippen molar-refractivity contribution >= 4 is 18.0 Å². The number of hydrogen-bond donors (Lipinski definition) is 3. The second kappa shape index (κ2) is 9.45. The predicted molar refractivity (Wildman–Crippen MR) is 87.6 cm³/mol. The summed E-state index contributed by atoms with van der Waals surface area (Å²) in [6, 6.07) is 6.40. The molecule has 0 aliphatic rings. The lowest BCUT2D eigenvalue weighted by molar-refractivity contribution is -0.119. The fraction of sp³-hybridized carbons (Fsp3) is 0.438. The fourth-order valence-corrected chi connectivity index (χ4v) is 2.16. The Labute approximate surface area is 136 Å². The molecule has 7 nitrogen and oxygen atoms in total. The third-order valence-electron chi connectivity index (χ3n) is 3.19. The number of nitrogens with one attached hydrogen (secondary N) is 2. The minimum Gasteiger partial charge on any atom is -0.368 e. The number of urea groups is 2. The molecule has 1 unspecified atom stereocenters. The van der Waals surface area contributed by atoms with Gasteiger partial charge in [-0.1, -0.05) is 44.2 Å². The maximum absolute atomic E-state index is 12.1. The Morgan fingerprint density at radius 2 is 1.65 bits per heavy atom. The van der Waals surface area contributed by atoms with Gasteiger partial charge in [-0.3, -0.25) is 10.1 Å². The van der Waals surface area contributed by atoms with E-state index < -0.39 is 24.0 Å². The van der Waals surface area contributed by atoms with Gasteiger partial charge in [-0.15, -0.1) is 0 Å². The Morgan fingerprint density at radius 3 is 2.13 bits per heavy atom. The van der Waals surface area contributed by atoms with Crippen LogP contribution in [0.15, 0.2) is 30.3 Å². The second-order valence-corrected chi connectivity index (χ2v) is 5.14. The number of imide groups is 1. The third kappa shape index (κ3) is 5.98. The molecular formula is C16H24N4O3. The van der Waals surface area contributed by atoms with Crippen molar-refractivity contribution in [2.75, 3.05) is 13.1 Å². The minimum atomic E-state index is -0.991. The summed E-state index contributed by atoms with van der Waals surface area (Å²) >= 11 is 0. The molecule has 0 heterocycles. The molecule has 5 amide bonds. The number of hydrogen-bond acceptors (Lipinski definition) is 3. The maximum Gasteiger partial charge on any atom is 0.325 e. The summed E-state index contributed by atoms with van der Waals surface area (Å²) in [5.74, 6) is -0.697. The minimum absolute atomic E-state index is 0.484. The van der Waals surface area contributed by atoms with Crippen molar-refractivity contribution in [2.45, 2.75) is 32.7 Å². The van der Waals surface area contributed by atoms with Gasteiger partial charge in [-0.2, -0.15) is 0 Å². The lowest BCUT2D eigenvalue weighted by Gasteiger charge is -2.22. The zero-order valence-electron chi connectivity index (χ0n) is 13.5. The summed E-state index contributed by atoms with van der Waals surface area (Å²) < 4.78 is 0. The second-order valence-electron chi connectivity index (χ2n) is 5.14. The number of nitrogens with two attached hydrogens (primary N) is 1. The van der Waals surface area contributed by atoms with Gasteiger partial charge in [0.15, 0.2) is 0 Å². The highest BCUT2D eigenvalue weighted by atomic mass is 16.2. The van der Waals surface area contributed by atoms with Crippen LogP contribution in [0, 0.1) is 0 Å². The number of benzene rings is 1. The maximum atomic E-state index is 12.1. The van der Waals surface area contributed by atoms with Crippen LogP contribution in [0.5, 0.6) is 0 Å². The van der Waals surface area contributed by atoms with Gasteiger partial charge in [0.05, 0.1) is 0 Å². The van der Waals surface area contributed by atoms with Gasteiger partial charge in [0, 0.05) is 13.1 Å². The van der Waals surface area contributed by atoms with Crippen molar-refractivity contribution < 1.29 is 14.4 Å². The third-order valence-corrected chi connectivity index (χ3v) is 3.19. The Morgan fingerprint density at radius 1 is 1.09 bits per heavy atom. The first-order chi connectivity index (χ1) is 11.0. The molecule has 0 saturated heterocycles. The lowest BCUT2D eigenvalue weighted by atomic mass is 10.1. The van der Waals surface area contributed by atoms with Crippen LogP contribution in [-0.4, -0.2) is 36.0 Å². The Kier molecular flexibility index (Phi) is 7.59. The van der Waals surface area contributed by atoms with E-state index in [9.17, 15) is 14.4 Å². The van der Waals surface area contributed by atoms with Crippen LogP contribution in [0.25, 0.3) is 0 Å². The van der Waals surface area contributed by atoms with Gasteiger partial charge in [0.1, 0.15) is 6.04 Å². The smallest absolute Gasteiger partial charge is 0.325 e. The molecule has 4 N–H and O–H groups in total. The average Bonchev–Trinajstić information content (AvgIpc) is 2.53. The van der Waals surface area contributed by atoms with E-state index in [0.717, 1.165) is 12.8 Å². The van der Waals surface area contributed by atoms with Gasteiger partial charge in [0.2, 0.25) is 5.91 Å². The van der Waals surface area contributed by atoms with Crippen LogP contribution in [0.3, 0.4) is 0 Å². The molecule has 1 aromatic rings. The highest BCUT2D eigenvalue weighted by Crippen LogP contribution is 2.11. The molecule has 0 aromatic heterocycles. The quantitative estimate of drug-likeness (QED) is 0.713. The van der Waals surface area contributed by atoms with Crippen LogP contribution < -0.4 is 16.4 Å². The van der Waals surface area contributed by atoms with E-state index in [2.05, 4.69) is 10.6 Å². The monoisotopic (exact) mass is 320 g/mol. The summed E-state index contributed by atoms with van der Waals surface area (Å²) in [5, 5.41) is 4.66. The molecule has 0 saturated carbocycles. The predicted octanol–water partition coefficient (Wildman–Crippen LogP) is 1.75. The van der Waals surface area contributed by atoms with E-state index in [0.29, 0.717) is 18.7 Å². The molecule has 23 heavy (non-hydrogen) atoms. The standard InChI is InChI=1S/C16H24N4O3/c1-3-10-20(11-4-2)16(23)19-15(22)18-13(14(17)21)12-8-6-5-7-9-12/h5-9,13H,3-4,10-11H2,1-2H3,(H2,17,21)(H2,18,19,22,23). The summed E-state index contributed by atoms with van der Waals surface area (Å²) in [7, 11) is 0. The van der Waals surface area contributed by atoms with Crippen molar-refractivity contribution in [1.82, 2.24) is 15.5 Å². The van der Waals surface area contributed by atoms with Gasteiger partial charge in [-0.05, 0) is 18.4 Å². The van der Waals surface area contributed by atoms with Gasteiger partial charge >= 0.3 is 12.1 Å². The Hall–Kier alpha value is -2.57. The summed E-state index contributed by atoms with van der Waals surface area (Å²) in [6.07, 6.45) is 1.59. The number of rotatable bonds is 7. The van der Waals surface area contributed by atoms with Crippen LogP contribution in [0.4, 0.5) is 9.59 Å². The zero-order valence-corrected chi connectivity index (χ0v) is 13.5. The molecule has 0 aliphatic carbocycles. The van der Waals surface area contributed by atoms with Crippen molar-refractivity contribution in [3.8, 4) is 0 Å². The van der Waals surface area contributed by atoms with E-state index in [1.54, 1.807) is 35.2 Å². The molecule has 0 bridgehead atoms. The van der Waals surface area contributed by atoms with Crippen molar-refractivity contribution in [3.05, 3.63) is 35.9 Å². The van der Waals surface area contributed by atoms with E-state index in [4.69, 9.17) is 5.73 Å². The summed E-state index contributed by atoms with van der Waals surface area (Å²) in [6.45, 7) is 5.03. The Bertz CT molecular complexity index is 527. The zero-order chi connectivity index (χ0) is 17.2. The number of amides is 5. The first kappa shape index (κ1) is 18.5. The van der Waals surface area contributed by atoms with Crippen LogP contribution in [0.2, 0.25) is 0 Å². The SMILES string of the molecule is CCCN(CCC)C(=O)NC(=O)NC(C(N)=O)c1ccccc1. The van der Waals surface area contributed by atoms with Gasteiger partial charge in [-0.25, -0.2) is 9.59 Å². The van der Waals surface area contributed by atoms with Crippen molar-refractivity contribution in [3.63, 3.8) is 0 Å². The van der Waals surface area contributed by atoms with Crippen molar-refractivity contribution in [1.29, 1.82) is 0 Å². The average molecular weight is 320 g/mol. The largest absolute Gasteiger partial charge is 0.368 e. The van der Waals surface area contributed by atoms with Crippen LogP contribution in [-0.2, 0) is 4.79 Å². The van der Waals surface area contributed by atoms with E-state index >= 15 is 0 Å². The summed E-state index contributed by atoms with van der Waals surface area (Å²) in [4.78, 5) is 37.1. The van der Waals surface area contributed by atoms with Crippen LogP contribution >= 0.6 is 0 Å². The molecule has 1 atom stereocenters. The first-order valence-corrected chi connectivity index (χ1v) is 7.70. The number of primary amides is 1.